The maximum Gasteiger partial charge on any atom is 0.340 e. The second-order valence-electron chi connectivity index (χ2n) is 6.47. The molecule has 0 spiro atoms. The molecule has 0 bridgehead atoms. The molecule has 0 fully saturated rings. The summed E-state index contributed by atoms with van der Waals surface area (Å²) in [6.45, 7) is 7.37. The molecule has 0 saturated heterocycles. The first-order chi connectivity index (χ1) is 10.7. The fraction of sp³-hybridized carbons (Fsp3) is 0.467. The van der Waals surface area contributed by atoms with Gasteiger partial charge in [-0.1, -0.05) is 19.6 Å². The van der Waals surface area contributed by atoms with Gasteiger partial charge < -0.3 is 14.0 Å². The summed E-state index contributed by atoms with van der Waals surface area (Å²) >= 11 is 0. The highest BCUT2D eigenvalue weighted by atomic mass is 28.3. The Kier molecular flexibility index (Phi) is 5.15. The normalized spacial score (nSPS) is 11.9. The molecule has 1 aromatic carbocycles. The smallest absolute Gasteiger partial charge is 0.340 e. The molecule has 23 heavy (non-hydrogen) atoms. The number of benzene rings is 1. The van der Waals surface area contributed by atoms with E-state index in [0.29, 0.717) is 6.61 Å². The Morgan fingerprint density at radius 1 is 1.35 bits per heavy atom. The van der Waals surface area contributed by atoms with E-state index in [9.17, 15) is 13.6 Å². The standard InChI is InChI=1S/C15H20F2N2O3Si/c1-21-15(20)10-7-11(16)12(17)13-14(10)19(8-18-13)9-22-5-6-23(2,3)4/h7-8H,5-6,9H2,1-4H3. The predicted octanol–water partition coefficient (Wildman–Crippen LogP) is 3.41. The quantitative estimate of drug-likeness (QED) is 0.459. The SMILES string of the molecule is COC(=O)c1cc(F)c(F)c2ncn(COCC[Si](C)(C)C)c12. The number of fused-ring (bicyclic) bond motifs is 1. The van der Waals surface area contributed by atoms with Crippen LogP contribution in [-0.2, 0) is 16.2 Å². The van der Waals surface area contributed by atoms with Crippen LogP contribution in [0.4, 0.5) is 8.78 Å². The van der Waals surface area contributed by atoms with Gasteiger partial charge in [0.05, 0.1) is 24.5 Å². The predicted molar refractivity (Wildman–Crippen MR) is 85.1 cm³/mol. The fourth-order valence-electron chi connectivity index (χ4n) is 2.10. The van der Waals surface area contributed by atoms with Crippen LogP contribution in [0.2, 0.25) is 25.7 Å². The van der Waals surface area contributed by atoms with Crippen molar-refractivity contribution >= 4 is 25.1 Å². The molecule has 2 rings (SSSR count). The zero-order chi connectivity index (χ0) is 17.2. The summed E-state index contributed by atoms with van der Waals surface area (Å²) in [6.07, 6.45) is 1.33. The molecule has 2 aromatic rings. The van der Waals surface area contributed by atoms with Crippen molar-refractivity contribution in [2.75, 3.05) is 13.7 Å². The number of hydrogen-bond donors (Lipinski definition) is 0. The average molecular weight is 342 g/mol. The number of ether oxygens (including phenoxy) is 2. The fourth-order valence-corrected chi connectivity index (χ4v) is 2.86. The van der Waals surface area contributed by atoms with Gasteiger partial charge in [0, 0.05) is 14.7 Å². The van der Waals surface area contributed by atoms with E-state index in [1.54, 1.807) is 0 Å². The molecule has 0 aliphatic carbocycles. The molecular formula is C15H20F2N2O3Si. The van der Waals surface area contributed by atoms with Crippen LogP contribution >= 0.6 is 0 Å². The number of hydrogen-bond acceptors (Lipinski definition) is 4. The lowest BCUT2D eigenvalue weighted by molar-refractivity contribution is 0.0600. The van der Waals surface area contributed by atoms with Crippen molar-refractivity contribution < 1.29 is 23.0 Å². The molecule has 8 heteroatoms. The lowest BCUT2D eigenvalue weighted by atomic mass is 10.1. The van der Waals surface area contributed by atoms with E-state index in [4.69, 9.17) is 4.74 Å². The summed E-state index contributed by atoms with van der Waals surface area (Å²) in [5.41, 5.74) is -0.115. The van der Waals surface area contributed by atoms with Crippen molar-refractivity contribution in [1.82, 2.24) is 9.55 Å². The van der Waals surface area contributed by atoms with Gasteiger partial charge in [0.1, 0.15) is 12.2 Å². The summed E-state index contributed by atoms with van der Waals surface area (Å²) < 4.78 is 39.2. The van der Waals surface area contributed by atoms with Gasteiger partial charge in [-0.15, -0.1) is 0 Å². The Labute approximate surface area is 134 Å². The van der Waals surface area contributed by atoms with E-state index in [1.165, 1.54) is 18.0 Å². The highest BCUT2D eigenvalue weighted by molar-refractivity contribution is 6.76. The van der Waals surface area contributed by atoms with Crippen LogP contribution in [0.25, 0.3) is 11.0 Å². The molecule has 0 atom stereocenters. The number of nitrogens with zero attached hydrogens (tertiary/aromatic N) is 2. The Bertz CT molecular complexity index is 726. The number of esters is 1. The monoisotopic (exact) mass is 342 g/mol. The van der Waals surface area contributed by atoms with Crippen molar-refractivity contribution in [3.63, 3.8) is 0 Å². The van der Waals surface area contributed by atoms with Gasteiger partial charge in [-0.2, -0.15) is 0 Å². The Morgan fingerprint density at radius 2 is 2.04 bits per heavy atom. The minimum atomic E-state index is -1.22. The topological polar surface area (TPSA) is 53.3 Å². The third-order valence-corrected chi connectivity index (χ3v) is 5.12. The van der Waals surface area contributed by atoms with Crippen LogP contribution in [0, 0.1) is 11.6 Å². The van der Waals surface area contributed by atoms with E-state index >= 15 is 0 Å². The van der Waals surface area contributed by atoms with Gasteiger partial charge >= 0.3 is 5.97 Å². The number of halogens is 2. The van der Waals surface area contributed by atoms with E-state index < -0.39 is 25.7 Å². The first kappa shape index (κ1) is 17.5. The van der Waals surface area contributed by atoms with Crippen molar-refractivity contribution in [1.29, 1.82) is 0 Å². The van der Waals surface area contributed by atoms with Crippen molar-refractivity contribution in [3.8, 4) is 0 Å². The Hall–Kier alpha value is -1.80. The van der Waals surface area contributed by atoms with Gasteiger partial charge in [-0.05, 0) is 12.1 Å². The van der Waals surface area contributed by atoms with Crippen LogP contribution in [0.15, 0.2) is 12.4 Å². The first-order valence-electron chi connectivity index (χ1n) is 7.23. The van der Waals surface area contributed by atoms with E-state index in [-0.39, 0.29) is 23.3 Å². The van der Waals surface area contributed by atoms with E-state index in [1.807, 2.05) is 0 Å². The summed E-state index contributed by atoms with van der Waals surface area (Å²) in [6, 6.07) is 1.80. The van der Waals surface area contributed by atoms with Crippen LogP contribution in [0.3, 0.4) is 0 Å². The number of carbonyl (C=O) groups is 1. The van der Waals surface area contributed by atoms with Gasteiger partial charge in [0.25, 0.3) is 0 Å². The molecule has 0 radical (unpaired) electrons. The second-order valence-corrected chi connectivity index (χ2v) is 12.1. The molecule has 1 heterocycles. The zero-order valence-corrected chi connectivity index (χ0v) is 14.7. The lowest BCUT2D eigenvalue weighted by Gasteiger charge is -2.16. The summed E-state index contributed by atoms with van der Waals surface area (Å²) in [5.74, 6) is -2.98. The lowest BCUT2D eigenvalue weighted by Crippen LogP contribution is -2.22. The molecule has 5 nitrogen and oxygen atoms in total. The Balaban J connectivity index is 2.31. The molecular weight excluding hydrogens is 322 g/mol. The van der Waals surface area contributed by atoms with Crippen molar-refractivity contribution in [3.05, 3.63) is 29.6 Å². The minimum Gasteiger partial charge on any atom is -0.465 e. The van der Waals surface area contributed by atoms with Gasteiger partial charge in [-0.3, -0.25) is 0 Å². The molecule has 126 valence electrons. The number of aromatic nitrogens is 2. The average Bonchev–Trinajstić information content (AvgIpc) is 2.90. The van der Waals surface area contributed by atoms with Crippen LogP contribution in [0.5, 0.6) is 0 Å². The summed E-state index contributed by atoms with van der Waals surface area (Å²) in [4.78, 5) is 15.7. The molecule has 0 unspecified atom stereocenters. The van der Waals surface area contributed by atoms with E-state index in [0.717, 1.165) is 12.1 Å². The molecule has 1 aromatic heterocycles. The third-order valence-electron chi connectivity index (χ3n) is 3.41. The molecule has 0 aliphatic rings. The number of rotatable bonds is 6. The highest BCUT2D eigenvalue weighted by Gasteiger charge is 2.22. The maximum atomic E-state index is 13.9. The largest absolute Gasteiger partial charge is 0.465 e. The molecule has 0 N–H and O–H groups in total. The summed E-state index contributed by atoms with van der Waals surface area (Å²) in [7, 11) is -0.0364. The van der Waals surface area contributed by atoms with Gasteiger partial charge in [0.15, 0.2) is 11.6 Å². The minimum absolute atomic E-state index is 0.0762. The highest BCUT2D eigenvalue weighted by Crippen LogP contribution is 2.24. The van der Waals surface area contributed by atoms with Crippen LogP contribution in [0.1, 0.15) is 10.4 Å². The maximum absolute atomic E-state index is 13.9. The first-order valence-corrected chi connectivity index (χ1v) is 10.9. The number of imidazole rings is 1. The van der Waals surface area contributed by atoms with Crippen molar-refractivity contribution in [2.45, 2.75) is 32.4 Å². The second kappa shape index (κ2) is 6.75. The summed E-state index contributed by atoms with van der Waals surface area (Å²) in [5, 5.41) is 0. The number of carbonyl (C=O) groups excluding carboxylic acids is 1. The molecule has 0 amide bonds. The van der Waals surface area contributed by atoms with Crippen molar-refractivity contribution in [2.24, 2.45) is 0 Å². The molecule has 0 aliphatic heterocycles. The van der Waals surface area contributed by atoms with Crippen LogP contribution < -0.4 is 0 Å². The number of methoxy groups -OCH3 is 1. The third kappa shape index (κ3) is 3.94. The zero-order valence-electron chi connectivity index (χ0n) is 13.7. The van der Waals surface area contributed by atoms with Gasteiger partial charge in [0.2, 0.25) is 0 Å². The van der Waals surface area contributed by atoms with Gasteiger partial charge in [-0.25, -0.2) is 18.6 Å². The molecule has 0 saturated carbocycles. The van der Waals surface area contributed by atoms with Crippen LogP contribution in [-0.4, -0.2) is 37.3 Å². The van der Waals surface area contributed by atoms with E-state index in [2.05, 4.69) is 29.4 Å². The Morgan fingerprint density at radius 3 is 2.65 bits per heavy atom.